The second-order valence-corrected chi connectivity index (χ2v) is 2.62. The van der Waals surface area contributed by atoms with Crippen LogP contribution in [0.5, 0.6) is 5.75 Å². The highest BCUT2D eigenvalue weighted by Gasteiger charge is 2.32. The lowest BCUT2D eigenvalue weighted by atomic mass is 10.3. The van der Waals surface area contributed by atoms with Crippen molar-refractivity contribution in [2.24, 2.45) is 0 Å². The van der Waals surface area contributed by atoms with E-state index in [-0.39, 0.29) is 5.69 Å². The van der Waals surface area contributed by atoms with Crippen molar-refractivity contribution < 1.29 is 27.4 Å². The molecule has 0 amide bonds. The summed E-state index contributed by atoms with van der Waals surface area (Å²) in [7, 11) is 1.11. The van der Waals surface area contributed by atoms with Gasteiger partial charge in [-0.1, -0.05) is 0 Å². The van der Waals surface area contributed by atoms with Crippen molar-refractivity contribution in [3.8, 4) is 5.75 Å². The Hall–Kier alpha value is -1.99. The molecule has 0 aliphatic carbocycles. The number of ether oxygens (including phenoxy) is 2. The van der Waals surface area contributed by atoms with Crippen molar-refractivity contribution in [2.75, 3.05) is 12.8 Å². The number of alkyl halides is 3. The van der Waals surface area contributed by atoms with Gasteiger partial charge in [-0.25, -0.2) is 9.78 Å². The van der Waals surface area contributed by atoms with Crippen LogP contribution in [0.1, 0.15) is 10.5 Å². The molecule has 1 aromatic heterocycles. The number of nitrogen functional groups attached to an aromatic ring is 1. The van der Waals surface area contributed by atoms with E-state index in [1.54, 1.807) is 0 Å². The highest BCUT2D eigenvalue weighted by Crippen LogP contribution is 2.26. The zero-order valence-corrected chi connectivity index (χ0v) is 8.04. The van der Waals surface area contributed by atoms with Gasteiger partial charge in [-0.3, -0.25) is 0 Å². The molecule has 2 N–H and O–H groups in total. The van der Waals surface area contributed by atoms with E-state index in [1.165, 1.54) is 0 Å². The standard InChI is InChI=1S/C8H7F3N2O3/c1-15-7(14)4-2-3-5(6(12)13-4)16-8(9,10)11/h2-3H,1H3,(H2,12,13). The normalized spacial score (nSPS) is 11.0. The lowest BCUT2D eigenvalue weighted by Crippen LogP contribution is -2.19. The van der Waals surface area contributed by atoms with Gasteiger partial charge in [-0.2, -0.15) is 0 Å². The molecule has 16 heavy (non-hydrogen) atoms. The van der Waals surface area contributed by atoms with Gasteiger partial charge in [0, 0.05) is 0 Å². The van der Waals surface area contributed by atoms with E-state index in [4.69, 9.17) is 5.73 Å². The van der Waals surface area contributed by atoms with E-state index >= 15 is 0 Å². The molecule has 0 spiro atoms. The highest BCUT2D eigenvalue weighted by atomic mass is 19.4. The predicted molar refractivity (Wildman–Crippen MR) is 46.7 cm³/mol. The van der Waals surface area contributed by atoms with Crippen LogP contribution in [0, 0.1) is 0 Å². The summed E-state index contributed by atoms with van der Waals surface area (Å²) in [6, 6.07) is 1.91. The first kappa shape index (κ1) is 12.1. The average molecular weight is 236 g/mol. The molecule has 5 nitrogen and oxygen atoms in total. The predicted octanol–water partition coefficient (Wildman–Crippen LogP) is 1.35. The second kappa shape index (κ2) is 4.25. The van der Waals surface area contributed by atoms with E-state index in [0.29, 0.717) is 0 Å². The van der Waals surface area contributed by atoms with E-state index in [1.807, 2.05) is 0 Å². The third-order valence-electron chi connectivity index (χ3n) is 1.51. The van der Waals surface area contributed by atoms with Crippen molar-refractivity contribution in [3.05, 3.63) is 17.8 Å². The molecule has 0 aromatic carbocycles. The summed E-state index contributed by atoms with van der Waals surface area (Å²) in [4.78, 5) is 14.4. The first-order chi connectivity index (χ1) is 7.33. The molecule has 8 heteroatoms. The Morgan fingerprint density at radius 2 is 2.06 bits per heavy atom. The number of esters is 1. The fraction of sp³-hybridized carbons (Fsp3) is 0.250. The fourth-order valence-corrected chi connectivity index (χ4v) is 0.891. The molecule has 1 rings (SSSR count). The van der Waals surface area contributed by atoms with E-state index < -0.39 is 23.9 Å². The highest BCUT2D eigenvalue weighted by molar-refractivity contribution is 5.87. The molecular weight excluding hydrogens is 229 g/mol. The number of hydrogen-bond donors (Lipinski definition) is 1. The van der Waals surface area contributed by atoms with E-state index in [2.05, 4.69) is 14.5 Å². The Labute approximate surface area is 88.0 Å². The molecule has 0 saturated carbocycles. The number of aromatic nitrogens is 1. The first-order valence-electron chi connectivity index (χ1n) is 3.94. The van der Waals surface area contributed by atoms with Gasteiger partial charge >= 0.3 is 12.3 Å². The van der Waals surface area contributed by atoms with Gasteiger partial charge in [0.25, 0.3) is 0 Å². The molecule has 1 heterocycles. The maximum atomic E-state index is 11.8. The maximum Gasteiger partial charge on any atom is 0.573 e. The van der Waals surface area contributed by atoms with Gasteiger partial charge in [0.2, 0.25) is 0 Å². The topological polar surface area (TPSA) is 74.4 Å². The molecule has 0 radical (unpaired) electrons. The van der Waals surface area contributed by atoms with Gasteiger partial charge in [-0.15, -0.1) is 13.2 Å². The van der Waals surface area contributed by atoms with Crippen LogP contribution in [0.15, 0.2) is 12.1 Å². The number of nitrogens with zero attached hydrogens (tertiary/aromatic N) is 1. The summed E-state index contributed by atoms with van der Waals surface area (Å²) in [6.07, 6.45) is -4.86. The van der Waals surface area contributed by atoms with Crippen molar-refractivity contribution in [1.29, 1.82) is 0 Å². The zero-order valence-electron chi connectivity index (χ0n) is 8.04. The van der Waals surface area contributed by atoms with Crippen LogP contribution in [-0.4, -0.2) is 24.4 Å². The van der Waals surface area contributed by atoms with E-state index in [9.17, 15) is 18.0 Å². The number of anilines is 1. The van der Waals surface area contributed by atoms with Crippen LogP contribution in [0.4, 0.5) is 19.0 Å². The lowest BCUT2D eigenvalue weighted by Gasteiger charge is -2.10. The minimum Gasteiger partial charge on any atom is -0.464 e. The SMILES string of the molecule is COC(=O)c1ccc(OC(F)(F)F)c(N)n1. The summed E-state index contributed by atoms with van der Waals surface area (Å²) >= 11 is 0. The third-order valence-corrected chi connectivity index (χ3v) is 1.51. The molecule has 0 unspecified atom stereocenters. The zero-order chi connectivity index (χ0) is 12.3. The Bertz CT molecular complexity index is 406. The number of nitrogens with two attached hydrogens (primary N) is 1. The number of hydrogen-bond acceptors (Lipinski definition) is 5. The van der Waals surface area contributed by atoms with Crippen LogP contribution in [0.3, 0.4) is 0 Å². The number of rotatable bonds is 2. The van der Waals surface area contributed by atoms with Crippen molar-refractivity contribution in [1.82, 2.24) is 4.98 Å². The van der Waals surface area contributed by atoms with Crippen LogP contribution in [0.2, 0.25) is 0 Å². The number of halogens is 3. The van der Waals surface area contributed by atoms with Gasteiger partial charge in [0.15, 0.2) is 17.3 Å². The molecule has 0 fully saturated rings. The van der Waals surface area contributed by atoms with Crippen LogP contribution >= 0.6 is 0 Å². The van der Waals surface area contributed by atoms with Crippen LogP contribution in [-0.2, 0) is 4.74 Å². The minimum atomic E-state index is -4.86. The molecule has 0 aliphatic rings. The maximum absolute atomic E-state index is 11.8. The largest absolute Gasteiger partial charge is 0.573 e. The average Bonchev–Trinajstić information content (AvgIpc) is 2.18. The summed E-state index contributed by atoms with van der Waals surface area (Å²) in [6.45, 7) is 0. The Morgan fingerprint density at radius 3 is 2.50 bits per heavy atom. The molecule has 1 aromatic rings. The molecule has 0 aliphatic heterocycles. The Morgan fingerprint density at radius 1 is 1.44 bits per heavy atom. The molecule has 88 valence electrons. The quantitative estimate of drug-likeness (QED) is 0.784. The lowest BCUT2D eigenvalue weighted by molar-refractivity contribution is -0.274. The molecule has 0 atom stereocenters. The van der Waals surface area contributed by atoms with Gasteiger partial charge in [0.05, 0.1) is 7.11 Å². The van der Waals surface area contributed by atoms with Crippen molar-refractivity contribution in [2.45, 2.75) is 6.36 Å². The number of carbonyl (C=O) groups excluding carboxylic acids is 1. The van der Waals surface area contributed by atoms with E-state index in [0.717, 1.165) is 19.2 Å². The van der Waals surface area contributed by atoms with Gasteiger partial charge < -0.3 is 15.2 Å². The van der Waals surface area contributed by atoms with Crippen molar-refractivity contribution >= 4 is 11.8 Å². The van der Waals surface area contributed by atoms with Crippen molar-refractivity contribution in [3.63, 3.8) is 0 Å². The van der Waals surface area contributed by atoms with Gasteiger partial charge in [0.1, 0.15) is 0 Å². The third kappa shape index (κ3) is 3.01. The van der Waals surface area contributed by atoms with Crippen LogP contribution < -0.4 is 10.5 Å². The summed E-state index contributed by atoms with van der Waals surface area (Å²) in [5, 5.41) is 0. The minimum absolute atomic E-state index is 0.200. The fourth-order valence-electron chi connectivity index (χ4n) is 0.891. The summed E-state index contributed by atoms with van der Waals surface area (Å²) in [5.41, 5.74) is 4.98. The van der Waals surface area contributed by atoms with Gasteiger partial charge in [-0.05, 0) is 12.1 Å². The molecular formula is C8H7F3N2O3. The number of carbonyl (C=O) groups is 1. The molecule has 0 bridgehead atoms. The van der Waals surface area contributed by atoms with Crippen LogP contribution in [0.25, 0.3) is 0 Å². The first-order valence-corrected chi connectivity index (χ1v) is 3.94. The molecule has 0 saturated heterocycles. The second-order valence-electron chi connectivity index (χ2n) is 2.62. The Kier molecular flexibility index (Phi) is 3.21. The summed E-state index contributed by atoms with van der Waals surface area (Å²) < 4.78 is 43.4. The summed E-state index contributed by atoms with van der Waals surface area (Å²) in [5.74, 6) is -2.01. The monoisotopic (exact) mass is 236 g/mol. The Balaban J connectivity index is 2.96. The number of pyridine rings is 1. The number of methoxy groups -OCH3 is 1. The smallest absolute Gasteiger partial charge is 0.464 e.